The molecule has 0 unspecified atom stereocenters. The molecular weight excluding hydrogens is 252 g/mol. The van der Waals surface area contributed by atoms with E-state index in [2.05, 4.69) is 15.6 Å². The molecule has 18 heavy (non-hydrogen) atoms. The van der Waals surface area contributed by atoms with E-state index < -0.39 is 29.0 Å². The number of nitrogens with one attached hydrogen (secondary N) is 1. The first-order valence-corrected chi connectivity index (χ1v) is 4.93. The second-order valence-electron chi connectivity index (χ2n) is 3.48. The fourth-order valence-corrected chi connectivity index (χ4v) is 1.49. The maximum absolute atomic E-state index is 13.5. The number of aromatic nitrogens is 3. The van der Waals surface area contributed by atoms with Gasteiger partial charge >= 0.3 is 0 Å². The van der Waals surface area contributed by atoms with E-state index in [9.17, 15) is 17.6 Å². The number of halogens is 4. The fraction of sp³-hybridized carbons (Fsp3) is 0.200. The topological polar surface area (TPSA) is 42.7 Å². The number of hydrogen-bond donors (Lipinski definition) is 1. The second-order valence-corrected chi connectivity index (χ2v) is 3.48. The minimum atomic E-state index is -1.52. The molecule has 1 aromatic heterocycles. The van der Waals surface area contributed by atoms with Crippen LogP contribution in [0.15, 0.2) is 12.3 Å². The first-order valence-electron chi connectivity index (χ1n) is 4.93. The largest absolute Gasteiger partial charge is 0.314 e. The van der Waals surface area contributed by atoms with Gasteiger partial charge in [-0.3, -0.25) is 0 Å². The molecule has 1 aromatic carbocycles. The van der Waals surface area contributed by atoms with Gasteiger partial charge in [0.25, 0.3) is 0 Å². The van der Waals surface area contributed by atoms with Gasteiger partial charge in [0.15, 0.2) is 23.3 Å². The zero-order chi connectivity index (χ0) is 13.3. The summed E-state index contributed by atoms with van der Waals surface area (Å²) in [6.07, 6.45) is 1.23. The summed E-state index contributed by atoms with van der Waals surface area (Å²) in [5.74, 6) is -6.02. The summed E-state index contributed by atoms with van der Waals surface area (Å²) in [7, 11) is 1.59. The molecule has 0 atom stereocenters. The van der Waals surface area contributed by atoms with E-state index in [0.717, 1.165) is 0 Å². The zero-order valence-corrected chi connectivity index (χ0v) is 9.22. The minimum absolute atomic E-state index is 0.142. The highest BCUT2D eigenvalue weighted by Gasteiger charge is 2.23. The average Bonchev–Trinajstić information content (AvgIpc) is 2.76. The molecule has 0 aliphatic heterocycles. The molecule has 4 nitrogen and oxygen atoms in total. The van der Waals surface area contributed by atoms with Gasteiger partial charge in [0.2, 0.25) is 0 Å². The minimum Gasteiger partial charge on any atom is -0.314 e. The number of rotatable bonds is 3. The monoisotopic (exact) mass is 260 g/mol. The Morgan fingerprint density at radius 2 is 1.78 bits per heavy atom. The Bertz CT molecular complexity index is 555. The summed E-state index contributed by atoms with van der Waals surface area (Å²) < 4.78 is 53.9. The molecule has 0 saturated carbocycles. The van der Waals surface area contributed by atoms with E-state index in [0.29, 0.717) is 4.68 Å². The quantitative estimate of drug-likeness (QED) is 0.672. The van der Waals surface area contributed by atoms with Crippen molar-refractivity contribution in [3.8, 4) is 5.69 Å². The smallest absolute Gasteiger partial charge is 0.187 e. The van der Waals surface area contributed by atoms with Crippen molar-refractivity contribution in [1.29, 1.82) is 0 Å². The van der Waals surface area contributed by atoms with Crippen molar-refractivity contribution < 1.29 is 17.6 Å². The van der Waals surface area contributed by atoms with Crippen LogP contribution < -0.4 is 5.32 Å². The Hall–Kier alpha value is -1.96. The highest BCUT2D eigenvalue weighted by atomic mass is 19.2. The van der Waals surface area contributed by atoms with Crippen molar-refractivity contribution >= 4 is 0 Å². The van der Waals surface area contributed by atoms with E-state index in [4.69, 9.17) is 0 Å². The Kier molecular flexibility index (Phi) is 3.28. The van der Waals surface area contributed by atoms with Crippen molar-refractivity contribution in [3.63, 3.8) is 0 Å². The summed E-state index contributed by atoms with van der Waals surface area (Å²) >= 11 is 0. The highest BCUT2D eigenvalue weighted by Crippen LogP contribution is 2.23. The molecule has 8 heteroatoms. The SMILES string of the molecule is CNCc1cnnn1-c1c(F)c(F)cc(F)c1F. The predicted octanol–water partition coefficient (Wildman–Crippen LogP) is 1.54. The number of nitrogens with zero attached hydrogens (tertiary/aromatic N) is 3. The third-order valence-electron chi connectivity index (χ3n) is 2.28. The summed E-state index contributed by atoms with van der Waals surface area (Å²) in [6, 6.07) is 0.142. The molecule has 1 N–H and O–H groups in total. The second kappa shape index (κ2) is 4.73. The molecular formula is C10H8F4N4. The molecule has 0 amide bonds. The Labute approximate surface area is 99.2 Å². The van der Waals surface area contributed by atoms with E-state index >= 15 is 0 Å². The molecule has 0 aliphatic carbocycles. The van der Waals surface area contributed by atoms with Gasteiger partial charge in [-0.15, -0.1) is 5.10 Å². The molecule has 2 rings (SSSR count). The van der Waals surface area contributed by atoms with Crippen LogP contribution in [0, 0.1) is 23.3 Å². The lowest BCUT2D eigenvalue weighted by Gasteiger charge is -2.09. The van der Waals surface area contributed by atoms with Gasteiger partial charge in [0.05, 0.1) is 11.9 Å². The summed E-state index contributed by atoms with van der Waals surface area (Å²) in [5.41, 5.74) is -0.657. The first kappa shape index (κ1) is 12.5. The van der Waals surface area contributed by atoms with Crippen LogP contribution in [0.25, 0.3) is 5.69 Å². The van der Waals surface area contributed by atoms with Gasteiger partial charge < -0.3 is 5.32 Å². The maximum Gasteiger partial charge on any atom is 0.187 e. The van der Waals surface area contributed by atoms with Crippen LogP contribution in [0.1, 0.15) is 5.69 Å². The van der Waals surface area contributed by atoms with E-state index in [-0.39, 0.29) is 18.3 Å². The number of hydrogen-bond acceptors (Lipinski definition) is 3. The Morgan fingerprint density at radius 3 is 2.33 bits per heavy atom. The van der Waals surface area contributed by atoms with Crippen LogP contribution in [0.2, 0.25) is 0 Å². The lowest BCUT2D eigenvalue weighted by atomic mass is 10.2. The van der Waals surface area contributed by atoms with Crippen LogP contribution in [-0.2, 0) is 6.54 Å². The third kappa shape index (κ3) is 1.94. The van der Waals surface area contributed by atoms with Crippen molar-refractivity contribution in [2.45, 2.75) is 6.54 Å². The Balaban J connectivity index is 2.66. The lowest BCUT2D eigenvalue weighted by molar-refractivity contribution is 0.441. The summed E-state index contributed by atoms with van der Waals surface area (Å²) in [4.78, 5) is 0. The molecule has 1 heterocycles. The highest BCUT2D eigenvalue weighted by molar-refractivity contribution is 5.37. The van der Waals surface area contributed by atoms with Gasteiger partial charge in [-0.05, 0) is 7.05 Å². The van der Waals surface area contributed by atoms with Gasteiger partial charge in [0, 0.05) is 12.6 Å². The van der Waals surface area contributed by atoms with Crippen molar-refractivity contribution in [3.05, 3.63) is 41.2 Å². The van der Waals surface area contributed by atoms with E-state index in [1.807, 2.05) is 0 Å². The van der Waals surface area contributed by atoms with Crippen LogP contribution in [-0.4, -0.2) is 22.0 Å². The summed E-state index contributed by atoms with van der Waals surface area (Å²) in [6.45, 7) is 0.185. The van der Waals surface area contributed by atoms with Gasteiger partial charge in [0.1, 0.15) is 5.69 Å². The van der Waals surface area contributed by atoms with Gasteiger partial charge in [-0.2, -0.15) is 0 Å². The lowest BCUT2D eigenvalue weighted by Crippen LogP contribution is -2.14. The van der Waals surface area contributed by atoms with E-state index in [1.54, 1.807) is 7.05 Å². The van der Waals surface area contributed by atoms with Gasteiger partial charge in [-0.25, -0.2) is 22.2 Å². The van der Waals surface area contributed by atoms with Crippen LogP contribution in [0.3, 0.4) is 0 Å². The summed E-state index contributed by atoms with van der Waals surface area (Å²) in [5, 5.41) is 9.59. The molecule has 0 fully saturated rings. The molecule has 0 bridgehead atoms. The van der Waals surface area contributed by atoms with Crippen molar-refractivity contribution in [1.82, 2.24) is 20.3 Å². The van der Waals surface area contributed by atoms with Crippen molar-refractivity contribution in [2.24, 2.45) is 0 Å². The molecule has 0 spiro atoms. The number of benzene rings is 1. The molecule has 96 valence electrons. The van der Waals surface area contributed by atoms with E-state index in [1.165, 1.54) is 6.20 Å². The Morgan fingerprint density at radius 1 is 1.17 bits per heavy atom. The normalized spacial score (nSPS) is 10.9. The molecule has 0 radical (unpaired) electrons. The molecule has 0 aliphatic rings. The third-order valence-corrected chi connectivity index (χ3v) is 2.28. The van der Waals surface area contributed by atoms with Crippen LogP contribution in [0.5, 0.6) is 0 Å². The first-order chi connectivity index (χ1) is 8.56. The fourth-order valence-electron chi connectivity index (χ4n) is 1.49. The average molecular weight is 260 g/mol. The maximum atomic E-state index is 13.5. The zero-order valence-electron chi connectivity index (χ0n) is 9.22. The van der Waals surface area contributed by atoms with Crippen LogP contribution in [0.4, 0.5) is 17.6 Å². The predicted molar refractivity (Wildman–Crippen MR) is 54.0 cm³/mol. The molecule has 2 aromatic rings. The van der Waals surface area contributed by atoms with Crippen molar-refractivity contribution in [2.75, 3.05) is 7.05 Å². The standard InChI is InChI=1S/C10H8F4N4/c1-15-3-5-4-16-17-18(5)10-8(13)6(11)2-7(12)9(10)14/h2,4,15H,3H2,1H3. The molecule has 0 saturated heterocycles. The van der Waals surface area contributed by atoms with Crippen LogP contribution >= 0.6 is 0 Å². The van der Waals surface area contributed by atoms with Gasteiger partial charge in [-0.1, -0.05) is 5.21 Å².